The maximum absolute atomic E-state index is 11.5. The highest BCUT2D eigenvalue weighted by Gasteiger charge is 2.25. The van der Waals surface area contributed by atoms with E-state index in [2.05, 4.69) is 16.6 Å². The molecule has 0 aliphatic carbocycles. The minimum atomic E-state index is -2.89. The standard InChI is InChI=1S/C8H15NO2S.C5H10O2/c1-2-7-12(10,11)8-3-5-9-6-4-8;1-5(2,3)7-4-6/h2,8-9H,1,3-7H2;4H,1-3H3. The fourth-order valence-electron chi connectivity index (χ4n) is 1.60. The summed E-state index contributed by atoms with van der Waals surface area (Å²) < 4.78 is 27.5. The van der Waals surface area contributed by atoms with Gasteiger partial charge in [0.25, 0.3) is 6.47 Å². The van der Waals surface area contributed by atoms with Gasteiger partial charge in [-0.1, -0.05) is 6.08 Å². The van der Waals surface area contributed by atoms with Crippen molar-refractivity contribution >= 4 is 16.3 Å². The SMILES string of the molecule is C=CCS(=O)(=O)C1CCNCC1.CC(C)(C)OC=O. The first-order valence-electron chi connectivity index (χ1n) is 6.37. The van der Waals surface area contributed by atoms with Gasteiger partial charge in [-0.2, -0.15) is 0 Å². The lowest BCUT2D eigenvalue weighted by molar-refractivity contribution is -0.138. The van der Waals surface area contributed by atoms with Gasteiger partial charge < -0.3 is 10.1 Å². The third-order valence-electron chi connectivity index (χ3n) is 2.55. The van der Waals surface area contributed by atoms with E-state index in [-0.39, 0.29) is 16.6 Å². The van der Waals surface area contributed by atoms with Gasteiger partial charge in [0.05, 0.1) is 11.0 Å². The predicted molar refractivity (Wildman–Crippen MR) is 76.8 cm³/mol. The molecule has 0 atom stereocenters. The highest BCUT2D eigenvalue weighted by atomic mass is 32.2. The van der Waals surface area contributed by atoms with Crippen molar-refractivity contribution in [3.63, 3.8) is 0 Å². The number of piperidine rings is 1. The topological polar surface area (TPSA) is 72.5 Å². The quantitative estimate of drug-likeness (QED) is 0.624. The lowest BCUT2D eigenvalue weighted by atomic mass is 10.2. The van der Waals surface area contributed by atoms with Crippen LogP contribution in [0.5, 0.6) is 0 Å². The van der Waals surface area contributed by atoms with Gasteiger partial charge in [0, 0.05) is 0 Å². The molecule has 1 fully saturated rings. The highest BCUT2D eigenvalue weighted by Crippen LogP contribution is 2.13. The molecule has 112 valence electrons. The minimum absolute atomic E-state index is 0.123. The number of hydrogen-bond donors (Lipinski definition) is 1. The molecule has 0 aromatic rings. The van der Waals surface area contributed by atoms with E-state index in [1.54, 1.807) is 0 Å². The summed E-state index contributed by atoms with van der Waals surface area (Å²) in [5.41, 5.74) is -0.318. The molecule has 1 saturated heterocycles. The molecule has 19 heavy (non-hydrogen) atoms. The zero-order valence-electron chi connectivity index (χ0n) is 12.0. The van der Waals surface area contributed by atoms with Crippen LogP contribution in [0.2, 0.25) is 0 Å². The van der Waals surface area contributed by atoms with Gasteiger partial charge in [0.15, 0.2) is 9.84 Å². The fraction of sp³-hybridized carbons (Fsp3) is 0.769. The van der Waals surface area contributed by atoms with Crippen molar-refractivity contribution < 1.29 is 17.9 Å². The van der Waals surface area contributed by atoms with Gasteiger partial charge in [-0.15, -0.1) is 6.58 Å². The van der Waals surface area contributed by atoms with E-state index in [0.717, 1.165) is 25.9 Å². The third-order valence-corrected chi connectivity index (χ3v) is 4.73. The van der Waals surface area contributed by atoms with Crippen LogP contribution in [-0.4, -0.2) is 44.6 Å². The lowest BCUT2D eigenvalue weighted by Gasteiger charge is -2.21. The Morgan fingerprint density at radius 3 is 2.16 bits per heavy atom. The Hall–Kier alpha value is -0.880. The van der Waals surface area contributed by atoms with Crippen LogP contribution in [0.15, 0.2) is 12.7 Å². The smallest absolute Gasteiger partial charge is 0.293 e. The van der Waals surface area contributed by atoms with E-state index in [4.69, 9.17) is 0 Å². The normalized spacial score (nSPS) is 17.0. The lowest BCUT2D eigenvalue weighted by Crippen LogP contribution is -2.36. The molecule has 0 spiro atoms. The molecule has 0 aromatic heterocycles. The summed E-state index contributed by atoms with van der Waals surface area (Å²) in [4.78, 5) is 9.60. The number of sulfone groups is 1. The van der Waals surface area contributed by atoms with Crippen LogP contribution >= 0.6 is 0 Å². The van der Waals surface area contributed by atoms with Crippen LogP contribution in [0.3, 0.4) is 0 Å². The first-order valence-corrected chi connectivity index (χ1v) is 8.09. The molecule has 1 aliphatic heterocycles. The number of rotatable bonds is 4. The third kappa shape index (κ3) is 8.77. The maximum Gasteiger partial charge on any atom is 0.293 e. The van der Waals surface area contributed by atoms with E-state index >= 15 is 0 Å². The van der Waals surface area contributed by atoms with Crippen LogP contribution < -0.4 is 5.32 Å². The molecule has 6 heteroatoms. The number of carbonyl (C=O) groups is 1. The van der Waals surface area contributed by atoms with Crippen molar-refractivity contribution in [1.82, 2.24) is 5.32 Å². The summed E-state index contributed by atoms with van der Waals surface area (Å²) in [6.45, 7) is 11.0. The minimum Gasteiger partial charge on any atom is -0.462 e. The average molecular weight is 291 g/mol. The van der Waals surface area contributed by atoms with Crippen LogP contribution in [0.4, 0.5) is 0 Å². The molecule has 1 rings (SSSR count). The Balaban J connectivity index is 0.000000399. The first-order chi connectivity index (χ1) is 8.73. The van der Waals surface area contributed by atoms with E-state index in [0.29, 0.717) is 6.47 Å². The zero-order chi connectivity index (χ0) is 14.9. The molecule has 0 aromatic carbocycles. The predicted octanol–water partition coefficient (Wildman–Crippen LogP) is 1.30. The second kappa shape index (κ2) is 8.32. The van der Waals surface area contributed by atoms with E-state index < -0.39 is 9.84 Å². The van der Waals surface area contributed by atoms with E-state index in [9.17, 15) is 13.2 Å². The molecular weight excluding hydrogens is 266 g/mol. The largest absolute Gasteiger partial charge is 0.462 e. The molecule has 1 N–H and O–H groups in total. The Kier molecular flexibility index (Phi) is 7.94. The summed E-state index contributed by atoms with van der Waals surface area (Å²) in [6.07, 6.45) is 2.96. The van der Waals surface area contributed by atoms with Crippen molar-refractivity contribution in [1.29, 1.82) is 0 Å². The van der Waals surface area contributed by atoms with Gasteiger partial charge in [0.1, 0.15) is 5.60 Å². The maximum atomic E-state index is 11.5. The highest BCUT2D eigenvalue weighted by molar-refractivity contribution is 7.92. The van der Waals surface area contributed by atoms with Crippen molar-refractivity contribution in [2.45, 2.75) is 44.5 Å². The average Bonchev–Trinajstić information content (AvgIpc) is 2.29. The monoisotopic (exact) mass is 291 g/mol. The molecule has 1 heterocycles. The summed E-state index contributed by atoms with van der Waals surface area (Å²) in [5, 5.41) is 3.00. The van der Waals surface area contributed by atoms with Crippen molar-refractivity contribution in [2.75, 3.05) is 18.8 Å². The summed E-state index contributed by atoms with van der Waals surface area (Å²) in [7, 11) is -2.89. The summed E-state index contributed by atoms with van der Waals surface area (Å²) in [6, 6.07) is 0. The molecule has 5 nitrogen and oxygen atoms in total. The molecule has 0 unspecified atom stereocenters. The molecular formula is C13H25NO4S. The molecule has 1 aliphatic rings. The van der Waals surface area contributed by atoms with Gasteiger partial charge in [-0.3, -0.25) is 4.79 Å². The summed E-state index contributed by atoms with van der Waals surface area (Å²) in [5.74, 6) is 0.123. The Bertz CT molecular complexity index is 365. The Morgan fingerprint density at radius 1 is 1.32 bits per heavy atom. The number of ether oxygens (including phenoxy) is 1. The van der Waals surface area contributed by atoms with Gasteiger partial charge in [-0.25, -0.2) is 8.42 Å². The van der Waals surface area contributed by atoms with Crippen LogP contribution in [-0.2, 0) is 19.4 Å². The second-order valence-corrected chi connectivity index (χ2v) is 7.72. The van der Waals surface area contributed by atoms with Gasteiger partial charge in [0.2, 0.25) is 0 Å². The number of hydrogen-bond acceptors (Lipinski definition) is 5. The number of nitrogens with one attached hydrogen (secondary N) is 1. The zero-order valence-corrected chi connectivity index (χ0v) is 12.8. The molecule has 0 radical (unpaired) electrons. The van der Waals surface area contributed by atoms with E-state index in [1.807, 2.05) is 20.8 Å². The van der Waals surface area contributed by atoms with Gasteiger partial charge >= 0.3 is 0 Å². The fourth-order valence-corrected chi connectivity index (χ4v) is 3.15. The van der Waals surface area contributed by atoms with Crippen LogP contribution in [0, 0.1) is 0 Å². The van der Waals surface area contributed by atoms with Gasteiger partial charge in [-0.05, 0) is 46.7 Å². The first kappa shape index (κ1) is 18.1. The summed E-state index contributed by atoms with van der Waals surface area (Å²) >= 11 is 0. The van der Waals surface area contributed by atoms with Crippen molar-refractivity contribution in [2.24, 2.45) is 0 Å². The van der Waals surface area contributed by atoms with Crippen LogP contribution in [0.25, 0.3) is 0 Å². The van der Waals surface area contributed by atoms with Crippen molar-refractivity contribution in [3.05, 3.63) is 12.7 Å². The molecule has 0 amide bonds. The van der Waals surface area contributed by atoms with Crippen molar-refractivity contribution in [3.8, 4) is 0 Å². The molecule has 0 bridgehead atoms. The van der Waals surface area contributed by atoms with E-state index in [1.165, 1.54) is 6.08 Å². The molecule has 0 saturated carbocycles. The van der Waals surface area contributed by atoms with Crippen LogP contribution in [0.1, 0.15) is 33.6 Å². The second-order valence-electron chi connectivity index (χ2n) is 5.39. The Morgan fingerprint density at radius 2 is 1.84 bits per heavy atom. The number of carbonyl (C=O) groups excluding carboxylic acids is 1. The Labute approximate surface area is 116 Å².